The Hall–Kier alpha value is -4.66. The number of aromatic amines is 1. The number of nitrogens with one attached hydrogen (secondary N) is 1. The van der Waals surface area contributed by atoms with E-state index in [1.165, 1.54) is 0 Å². The molecule has 178 valence electrons. The van der Waals surface area contributed by atoms with Crippen molar-refractivity contribution in [3.8, 4) is 34.0 Å². The summed E-state index contributed by atoms with van der Waals surface area (Å²) in [5.74, 6) is 0.408. The van der Waals surface area contributed by atoms with Gasteiger partial charge in [0.05, 0.1) is 11.1 Å². The van der Waals surface area contributed by atoms with Gasteiger partial charge >= 0.3 is 5.97 Å². The van der Waals surface area contributed by atoms with Crippen molar-refractivity contribution in [2.75, 3.05) is 0 Å². The molecule has 2 N–H and O–H groups in total. The van der Waals surface area contributed by atoms with E-state index in [0.717, 1.165) is 39.2 Å². The van der Waals surface area contributed by atoms with Crippen molar-refractivity contribution in [2.24, 2.45) is 0 Å². The molecule has 3 heterocycles. The molecular weight excluding hydrogens is 456 g/mol. The predicted molar refractivity (Wildman–Crippen MR) is 131 cm³/mol. The third-order valence-electron chi connectivity index (χ3n) is 6.80. The van der Waals surface area contributed by atoms with Gasteiger partial charge in [0, 0.05) is 23.2 Å². The van der Waals surface area contributed by atoms with Crippen LogP contribution in [0, 0.1) is 6.92 Å². The number of aromatic nitrogens is 6. The number of nitrogens with zero attached hydrogens (tertiary/aromatic N) is 5. The lowest BCUT2D eigenvalue weighted by molar-refractivity contribution is -0.140. The van der Waals surface area contributed by atoms with Crippen molar-refractivity contribution >= 4 is 5.97 Å². The number of carboxylic acids is 1. The first-order chi connectivity index (χ1) is 17.5. The highest BCUT2D eigenvalue weighted by Crippen LogP contribution is 2.48. The third kappa shape index (κ3) is 3.84. The van der Waals surface area contributed by atoms with Gasteiger partial charge in [-0.3, -0.25) is 4.79 Å². The Morgan fingerprint density at radius 2 is 1.69 bits per heavy atom. The zero-order valence-corrected chi connectivity index (χ0v) is 19.5. The maximum atomic E-state index is 11.6. The van der Waals surface area contributed by atoms with Gasteiger partial charge in [-0.2, -0.15) is 5.21 Å². The van der Waals surface area contributed by atoms with Crippen LogP contribution in [-0.2, 0) is 16.6 Å². The van der Waals surface area contributed by atoms with Crippen LogP contribution in [0.5, 0.6) is 0 Å². The normalized spacial score (nSPS) is 14.0. The Bertz CT molecular complexity index is 1540. The lowest BCUT2D eigenvalue weighted by Gasteiger charge is -2.11. The Morgan fingerprint density at radius 1 is 1.00 bits per heavy atom. The zero-order valence-electron chi connectivity index (χ0n) is 19.5. The van der Waals surface area contributed by atoms with Gasteiger partial charge in [0.2, 0.25) is 5.82 Å². The van der Waals surface area contributed by atoms with Gasteiger partial charge in [-0.05, 0) is 53.8 Å². The van der Waals surface area contributed by atoms with Crippen LogP contribution >= 0.6 is 0 Å². The fourth-order valence-corrected chi connectivity index (χ4v) is 4.52. The molecule has 0 amide bonds. The summed E-state index contributed by atoms with van der Waals surface area (Å²) in [5, 5.41) is 27.8. The third-order valence-corrected chi connectivity index (χ3v) is 6.80. The van der Waals surface area contributed by atoms with E-state index in [1.807, 2.05) is 73.7 Å². The fourth-order valence-electron chi connectivity index (χ4n) is 4.52. The Kier molecular flexibility index (Phi) is 5.18. The van der Waals surface area contributed by atoms with E-state index in [2.05, 4.69) is 30.8 Å². The Balaban J connectivity index is 1.24. The molecule has 3 aromatic heterocycles. The van der Waals surface area contributed by atoms with E-state index in [-0.39, 0.29) is 0 Å². The van der Waals surface area contributed by atoms with Gasteiger partial charge in [-0.15, -0.1) is 10.2 Å². The first-order valence-corrected chi connectivity index (χ1v) is 11.6. The minimum absolute atomic E-state index is 0.443. The summed E-state index contributed by atoms with van der Waals surface area (Å²) in [6.45, 7) is 1.92. The molecule has 0 atom stereocenters. The average molecular weight is 479 g/mol. The summed E-state index contributed by atoms with van der Waals surface area (Å²) in [5.41, 5.74) is 6.43. The SMILES string of the molecule is Cc1noc(-c2ccc(-c3ccc(C4(C(=O)O)CC4)cc3)cc2)c1Cc1cccc(-c2nn[nH]n2)n1. The van der Waals surface area contributed by atoms with Crippen LogP contribution in [0.3, 0.4) is 0 Å². The van der Waals surface area contributed by atoms with Crippen molar-refractivity contribution in [1.82, 2.24) is 30.8 Å². The molecule has 5 aromatic rings. The van der Waals surface area contributed by atoms with Crippen molar-refractivity contribution in [1.29, 1.82) is 0 Å². The van der Waals surface area contributed by atoms with Crippen LogP contribution in [0.1, 0.15) is 35.4 Å². The molecule has 2 aromatic carbocycles. The summed E-state index contributed by atoms with van der Waals surface area (Å²) in [6.07, 6.45) is 1.95. The molecule has 0 spiro atoms. The number of aliphatic carboxylic acids is 1. The minimum Gasteiger partial charge on any atom is -0.481 e. The maximum absolute atomic E-state index is 11.6. The quantitative estimate of drug-likeness (QED) is 0.347. The smallest absolute Gasteiger partial charge is 0.314 e. The molecule has 0 aliphatic heterocycles. The first-order valence-electron chi connectivity index (χ1n) is 11.6. The van der Waals surface area contributed by atoms with E-state index in [9.17, 15) is 9.90 Å². The molecule has 0 saturated heterocycles. The summed E-state index contributed by atoms with van der Waals surface area (Å²) in [4.78, 5) is 16.3. The van der Waals surface area contributed by atoms with Gasteiger partial charge in [-0.1, -0.05) is 59.8 Å². The van der Waals surface area contributed by atoms with Crippen LogP contribution in [0.15, 0.2) is 71.3 Å². The van der Waals surface area contributed by atoms with Crippen molar-refractivity contribution in [3.63, 3.8) is 0 Å². The van der Waals surface area contributed by atoms with Gasteiger partial charge < -0.3 is 9.63 Å². The van der Waals surface area contributed by atoms with Gasteiger partial charge in [-0.25, -0.2) is 4.98 Å². The monoisotopic (exact) mass is 478 g/mol. The van der Waals surface area contributed by atoms with Crippen LogP contribution in [0.4, 0.5) is 0 Å². The second kappa shape index (κ2) is 8.53. The van der Waals surface area contributed by atoms with Crippen LogP contribution < -0.4 is 0 Å². The molecule has 1 fully saturated rings. The topological polar surface area (TPSA) is 131 Å². The largest absolute Gasteiger partial charge is 0.481 e. The fraction of sp³-hybridized carbons (Fsp3) is 0.185. The number of hydrogen-bond acceptors (Lipinski definition) is 7. The lowest BCUT2D eigenvalue weighted by Crippen LogP contribution is -2.19. The van der Waals surface area contributed by atoms with Gasteiger partial charge in [0.1, 0.15) is 5.69 Å². The van der Waals surface area contributed by atoms with Gasteiger partial charge in [0.15, 0.2) is 5.76 Å². The van der Waals surface area contributed by atoms with E-state index in [4.69, 9.17) is 4.52 Å². The molecule has 9 heteroatoms. The summed E-state index contributed by atoms with van der Waals surface area (Å²) in [6, 6.07) is 21.6. The molecule has 0 radical (unpaired) electrons. The van der Waals surface area contributed by atoms with Crippen LogP contribution in [-0.4, -0.2) is 41.8 Å². The molecule has 6 rings (SSSR count). The van der Waals surface area contributed by atoms with Gasteiger partial charge in [0.25, 0.3) is 0 Å². The lowest BCUT2D eigenvalue weighted by atomic mass is 9.93. The van der Waals surface area contributed by atoms with Crippen LogP contribution in [0.2, 0.25) is 0 Å². The molecular formula is C27H22N6O3. The summed E-state index contributed by atoms with van der Waals surface area (Å²) in [7, 11) is 0. The van der Waals surface area contributed by atoms with E-state index < -0.39 is 11.4 Å². The number of tetrazole rings is 1. The molecule has 0 unspecified atom stereocenters. The first kappa shape index (κ1) is 21.8. The number of aryl methyl sites for hydroxylation is 1. The summed E-state index contributed by atoms with van der Waals surface area (Å²) < 4.78 is 5.71. The molecule has 1 aliphatic rings. The predicted octanol–water partition coefficient (Wildman–Crippen LogP) is 4.60. The number of carbonyl (C=O) groups is 1. The van der Waals surface area contributed by atoms with E-state index >= 15 is 0 Å². The van der Waals surface area contributed by atoms with Crippen molar-refractivity contribution in [2.45, 2.75) is 31.6 Å². The van der Waals surface area contributed by atoms with Crippen molar-refractivity contribution in [3.05, 3.63) is 89.2 Å². The second-order valence-corrected chi connectivity index (χ2v) is 9.04. The zero-order chi connectivity index (χ0) is 24.7. The van der Waals surface area contributed by atoms with Crippen LogP contribution in [0.25, 0.3) is 34.0 Å². The molecule has 1 aliphatic carbocycles. The van der Waals surface area contributed by atoms with E-state index in [0.29, 0.717) is 36.5 Å². The molecule has 1 saturated carbocycles. The number of H-pyrrole nitrogens is 1. The average Bonchev–Trinajstić information content (AvgIpc) is 3.39. The number of benzene rings is 2. The number of rotatable bonds is 7. The highest BCUT2D eigenvalue weighted by molar-refractivity contribution is 5.85. The number of hydrogen-bond donors (Lipinski definition) is 2. The number of pyridine rings is 1. The van der Waals surface area contributed by atoms with Crippen molar-refractivity contribution < 1.29 is 14.4 Å². The Morgan fingerprint density at radius 3 is 2.33 bits per heavy atom. The minimum atomic E-state index is -0.741. The number of carboxylic acid groups (broad SMARTS) is 1. The van der Waals surface area contributed by atoms with E-state index in [1.54, 1.807) is 0 Å². The standard InChI is InChI=1S/C27H22N6O3/c1-16-22(15-21-3-2-4-23(28-21)25-29-32-33-30-25)24(36-31-16)19-7-5-17(6-8-19)18-9-11-20(12-10-18)27(13-14-27)26(34)35/h2-12H,13-15H2,1H3,(H,34,35)(H,29,30,32,33). The molecule has 9 nitrogen and oxygen atoms in total. The highest BCUT2D eigenvalue weighted by Gasteiger charge is 2.51. The molecule has 0 bridgehead atoms. The molecule has 36 heavy (non-hydrogen) atoms. The second-order valence-electron chi connectivity index (χ2n) is 9.04. The highest BCUT2D eigenvalue weighted by atomic mass is 16.5. The Labute approximate surface area is 206 Å². The summed E-state index contributed by atoms with van der Waals surface area (Å²) >= 11 is 0. The maximum Gasteiger partial charge on any atom is 0.314 e.